The first-order valence-corrected chi connectivity index (χ1v) is 5.19. The highest BCUT2D eigenvalue weighted by Gasteiger charge is 2.22. The van der Waals surface area contributed by atoms with E-state index in [0.717, 1.165) is 6.07 Å². The predicted molar refractivity (Wildman–Crippen MR) is 62.7 cm³/mol. The number of hydrogen-bond donors (Lipinski definition) is 2. The number of carbonyl (C=O) groups is 2. The fourth-order valence-corrected chi connectivity index (χ4v) is 1.45. The number of rotatable bonds is 4. The summed E-state index contributed by atoms with van der Waals surface area (Å²) in [5, 5.41) is 21.1. The molecule has 1 aromatic carbocycles. The Balaban J connectivity index is 3.04. The summed E-state index contributed by atoms with van der Waals surface area (Å²) in [5.41, 5.74) is -0.550. The molecule has 1 amide bonds. The quantitative estimate of drug-likeness (QED) is 0.637. The molecule has 0 spiro atoms. The Bertz CT molecular complexity index is 517. The third-order valence-corrected chi connectivity index (χ3v) is 2.53. The van der Waals surface area contributed by atoms with Crippen LogP contribution in [0.1, 0.15) is 17.3 Å². The van der Waals surface area contributed by atoms with Gasteiger partial charge in [0.2, 0.25) is 0 Å². The first-order valence-electron chi connectivity index (χ1n) is 4.81. The molecule has 1 rings (SSSR count). The molecule has 1 atom stereocenters. The van der Waals surface area contributed by atoms with Crippen LogP contribution in [-0.2, 0) is 4.79 Å². The van der Waals surface area contributed by atoms with E-state index in [1.54, 1.807) is 0 Å². The van der Waals surface area contributed by atoms with Crippen molar-refractivity contribution in [2.45, 2.75) is 13.0 Å². The van der Waals surface area contributed by atoms with Crippen molar-refractivity contribution in [3.63, 3.8) is 0 Å². The van der Waals surface area contributed by atoms with Crippen LogP contribution in [0.2, 0.25) is 5.02 Å². The maximum Gasteiger partial charge on any atom is 0.325 e. The second-order valence-corrected chi connectivity index (χ2v) is 3.81. The van der Waals surface area contributed by atoms with E-state index in [4.69, 9.17) is 16.7 Å². The van der Waals surface area contributed by atoms with Crippen molar-refractivity contribution in [1.29, 1.82) is 0 Å². The van der Waals surface area contributed by atoms with E-state index < -0.39 is 28.5 Å². The fourth-order valence-electron chi connectivity index (χ4n) is 1.17. The summed E-state index contributed by atoms with van der Waals surface area (Å²) in [6, 6.07) is 2.61. The summed E-state index contributed by atoms with van der Waals surface area (Å²) in [5.74, 6) is -2.00. The second-order valence-electron chi connectivity index (χ2n) is 3.43. The minimum Gasteiger partial charge on any atom is -0.480 e. The SMILES string of the molecule is CC(NC(=O)c1cccc([N+](=O)[O-])c1Cl)C(=O)O. The number of nitro groups is 1. The smallest absolute Gasteiger partial charge is 0.325 e. The van der Waals surface area contributed by atoms with Crippen LogP contribution in [0, 0.1) is 10.1 Å². The van der Waals surface area contributed by atoms with Gasteiger partial charge < -0.3 is 10.4 Å². The van der Waals surface area contributed by atoms with Crippen LogP contribution in [0.25, 0.3) is 0 Å². The molecule has 0 aromatic heterocycles. The summed E-state index contributed by atoms with van der Waals surface area (Å²) >= 11 is 5.71. The highest BCUT2D eigenvalue weighted by atomic mass is 35.5. The van der Waals surface area contributed by atoms with Crippen molar-refractivity contribution in [2.75, 3.05) is 0 Å². The molecule has 0 heterocycles. The van der Waals surface area contributed by atoms with Gasteiger partial charge in [-0.2, -0.15) is 0 Å². The summed E-state index contributed by atoms with van der Waals surface area (Å²) in [6.07, 6.45) is 0. The third-order valence-electron chi connectivity index (χ3n) is 2.14. The fraction of sp³-hybridized carbons (Fsp3) is 0.200. The number of aliphatic carboxylic acids is 1. The molecule has 0 saturated heterocycles. The van der Waals surface area contributed by atoms with Gasteiger partial charge in [0.25, 0.3) is 11.6 Å². The van der Waals surface area contributed by atoms with Crippen molar-refractivity contribution in [3.8, 4) is 0 Å². The lowest BCUT2D eigenvalue weighted by Crippen LogP contribution is -2.38. The standard InChI is InChI=1S/C10H9ClN2O5/c1-5(10(15)16)12-9(14)6-3-2-4-7(8(6)11)13(17)18/h2-5H,1H3,(H,12,14)(H,15,16). The predicted octanol–water partition coefficient (Wildman–Crippen LogP) is 1.45. The molecule has 18 heavy (non-hydrogen) atoms. The van der Waals surface area contributed by atoms with Crippen LogP contribution in [0.15, 0.2) is 18.2 Å². The number of nitrogens with zero attached hydrogens (tertiary/aromatic N) is 1. The lowest BCUT2D eigenvalue weighted by molar-refractivity contribution is -0.384. The first-order chi connectivity index (χ1) is 8.34. The zero-order chi connectivity index (χ0) is 13.9. The van der Waals surface area contributed by atoms with Crippen LogP contribution in [0.4, 0.5) is 5.69 Å². The Hall–Kier alpha value is -2.15. The molecule has 96 valence electrons. The topological polar surface area (TPSA) is 110 Å². The molecule has 0 bridgehead atoms. The van der Waals surface area contributed by atoms with E-state index in [-0.39, 0.29) is 10.6 Å². The highest BCUT2D eigenvalue weighted by Crippen LogP contribution is 2.27. The number of nitrogens with one attached hydrogen (secondary N) is 1. The summed E-state index contributed by atoms with van der Waals surface area (Å²) < 4.78 is 0. The number of amides is 1. The molecule has 1 unspecified atom stereocenters. The molecule has 7 nitrogen and oxygen atoms in total. The maximum absolute atomic E-state index is 11.7. The van der Waals surface area contributed by atoms with E-state index in [2.05, 4.69) is 5.32 Å². The lowest BCUT2D eigenvalue weighted by atomic mass is 10.1. The second kappa shape index (κ2) is 5.46. The van der Waals surface area contributed by atoms with Gasteiger partial charge in [-0.15, -0.1) is 0 Å². The summed E-state index contributed by atoms with van der Waals surface area (Å²) in [6.45, 7) is 1.27. The maximum atomic E-state index is 11.7. The van der Waals surface area contributed by atoms with Crippen molar-refractivity contribution in [3.05, 3.63) is 38.9 Å². The first kappa shape index (κ1) is 13.9. The largest absolute Gasteiger partial charge is 0.480 e. The van der Waals surface area contributed by atoms with E-state index in [1.807, 2.05) is 0 Å². The molecule has 2 N–H and O–H groups in total. The lowest BCUT2D eigenvalue weighted by Gasteiger charge is -2.10. The van der Waals surface area contributed by atoms with Crippen molar-refractivity contribution >= 4 is 29.2 Å². The average Bonchev–Trinajstić information content (AvgIpc) is 2.28. The van der Waals surface area contributed by atoms with Crippen LogP contribution < -0.4 is 5.32 Å². The van der Waals surface area contributed by atoms with E-state index in [0.29, 0.717) is 0 Å². The number of carboxylic acid groups (broad SMARTS) is 1. The van der Waals surface area contributed by atoms with E-state index >= 15 is 0 Å². The Morgan fingerprint density at radius 2 is 2.11 bits per heavy atom. The Kier molecular flexibility index (Phi) is 4.22. The van der Waals surface area contributed by atoms with Gasteiger partial charge >= 0.3 is 5.97 Å². The molecule has 0 saturated carbocycles. The van der Waals surface area contributed by atoms with Gasteiger partial charge in [0, 0.05) is 6.07 Å². The number of benzene rings is 1. The van der Waals surface area contributed by atoms with Crippen molar-refractivity contribution in [2.24, 2.45) is 0 Å². The number of carbonyl (C=O) groups excluding carboxylic acids is 1. The van der Waals surface area contributed by atoms with Gasteiger partial charge in [-0.1, -0.05) is 17.7 Å². The molecule has 8 heteroatoms. The van der Waals surface area contributed by atoms with Gasteiger partial charge in [-0.25, -0.2) is 0 Å². The Morgan fingerprint density at radius 1 is 1.50 bits per heavy atom. The summed E-state index contributed by atoms with van der Waals surface area (Å²) in [7, 11) is 0. The zero-order valence-electron chi connectivity index (χ0n) is 9.21. The normalized spacial score (nSPS) is 11.7. The van der Waals surface area contributed by atoms with Gasteiger partial charge in [0.05, 0.1) is 10.5 Å². The van der Waals surface area contributed by atoms with Crippen LogP contribution in [0.3, 0.4) is 0 Å². The number of hydrogen-bond acceptors (Lipinski definition) is 4. The Labute approximate surface area is 107 Å². The number of nitro benzene ring substituents is 1. The molecule has 0 aliphatic carbocycles. The highest BCUT2D eigenvalue weighted by molar-refractivity contribution is 6.35. The number of carboxylic acids is 1. The molecule has 0 aliphatic heterocycles. The third kappa shape index (κ3) is 2.95. The molecule has 1 aromatic rings. The summed E-state index contributed by atoms with van der Waals surface area (Å²) in [4.78, 5) is 32.1. The minimum atomic E-state index is -1.22. The van der Waals surface area contributed by atoms with Gasteiger partial charge in [0.15, 0.2) is 0 Å². The van der Waals surface area contributed by atoms with E-state index in [1.165, 1.54) is 19.1 Å². The molecule has 0 aliphatic rings. The minimum absolute atomic E-state index is 0.140. The van der Waals surface area contributed by atoms with Gasteiger partial charge in [-0.3, -0.25) is 19.7 Å². The zero-order valence-corrected chi connectivity index (χ0v) is 9.97. The van der Waals surface area contributed by atoms with Crippen molar-refractivity contribution in [1.82, 2.24) is 5.32 Å². The Morgan fingerprint density at radius 3 is 2.61 bits per heavy atom. The van der Waals surface area contributed by atoms with Crippen LogP contribution >= 0.6 is 11.6 Å². The average molecular weight is 273 g/mol. The van der Waals surface area contributed by atoms with E-state index in [9.17, 15) is 19.7 Å². The molecule has 0 radical (unpaired) electrons. The van der Waals surface area contributed by atoms with Crippen LogP contribution in [-0.4, -0.2) is 27.9 Å². The molecular formula is C10H9ClN2O5. The monoisotopic (exact) mass is 272 g/mol. The van der Waals surface area contributed by atoms with Gasteiger partial charge in [0.1, 0.15) is 11.1 Å². The molecule has 0 fully saturated rings. The molecular weight excluding hydrogens is 264 g/mol. The van der Waals surface area contributed by atoms with Crippen LogP contribution in [0.5, 0.6) is 0 Å². The number of halogens is 1. The van der Waals surface area contributed by atoms with Crippen molar-refractivity contribution < 1.29 is 19.6 Å². The van der Waals surface area contributed by atoms with Gasteiger partial charge in [-0.05, 0) is 13.0 Å².